The van der Waals surface area contributed by atoms with Gasteiger partial charge in [0.05, 0.1) is 6.42 Å². The second kappa shape index (κ2) is 13.7. The van der Waals surface area contributed by atoms with Crippen molar-refractivity contribution in [2.75, 3.05) is 52.4 Å². The lowest BCUT2D eigenvalue weighted by atomic mass is 10.2. The van der Waals surface area contributed by atoms with E-state index >= 15 is 0 Å². The first-order chi connectivity index (χ1) is 10.1. The summed E-state index contributed by atoms with van der Waals surface area (Å²) in [7, 11) is 0. The third-order valence-electron chi connectivity index (χ3n) is 2.65. The van der Waals surface area contributed by atoms with Gasteiger partial charge in [0.2, 0.25) is 0 Å². The highest BCUT2D eigenvalue weighted by Gasteiger charge is 2.19. The van der Waals surface area contributed by atoms with Gasteiger partial charge in [0.1, 0.15) is 6.04 Å². The minimum absolute atomic E-state index is 0.405. The Kier molecular flexibility index (Phi) is 12.9. The maximum atomic E-state index is 10.8. The predicted molar refractivity (Wildman–Crippen MR) is 79.3 cm³/mol. The van der Waals surface area contributed by atoms with E-state index in [0.717, 1.165) is 32.7 Å². The molecule has 0 aromatic heterocycles. The Hall–Kier alpha value is -1.26. The van der Waals surface area contributed by atoms with Crippen LogP contribution in [-0.4, -0.2) is 80.6 Å². The molecule has 9 nitrogen and oxygen atoms in total. The summed E-state index contributed by atoms with van der Waals surface area (Å²) in [6, 6.07) is -1.05. The van der Waals surface area contributed by atoms with E-state index in [4.69, 9.17) is 15.9 Å². The average molecular weight is 305 g/mol. The first kappa shape index (κ1) is 19.7. The van der Waals surface area contributed by atoms with E-state index in [2.05, 4.69) is 21.3 Å². The third kappa shape index (κ3) is 13.5. The van der Waals surface area contributed by atoms with E-state index in [1.165, 1.54) is 0 Å². The SMILES string of the molecule is NCCNCCNCCNCCNC(CC(=O)O)C(=O)O. The van der Waals surface area contributed by atoms with E-state index < -0.39 is 24.4 Å². The predicted octanol–water partition coefficient (Wildman–Crippen LogP) is -2.77. The fourth-order valence-corrected chi connectivity index (χ4v) is 1.59. The lowest BCUT2D eigenvalue weighted by molar-refractivity contribution is -0.145. The number of rotatable bonds is 15. The second-order valence-corrected chi connectivity index (χ2v) is 4.48. The Labute approximate surface area is 124 Å². The standard InChI is InChI=1S/C12H27N5O4/c13-1-2-14-3-4-15-5-6-16-7-8-17-10(12(20)21)9-11(18)19/h10,14-17H,1-9,13H2,(H,18,19)(H,20,21). The molecule has 0 rings (SSSR count). The summed E-state index contributed by atoms with van der Waals surface area (Å²) in [5.41, 5.74) is 5.34. The van der Waals surface area contributed by atoms with Crippen LogP contribution in [0.1, 0.15) is 6.42 Å². The van der Waals surface area contributed by atoms with Crippen LogP contribution in [0.2, 0.25) is 0 Å². The first-order valence-corrected chi connectivity index (χ1v) is 7.08. The molecule has 21 heavy (non-hydrogen) atoms. The van der Waals surface area contributed by atoms with E-state index in [-0.39, 0.29) is 0 Å². The Balaban J connectivity index is 3.38. The van der Waals surface area contributed by atoms with E-state index in [1.807, 2.05) is 0 Å². The van der Waals surface area contributed by atoms with Gasteiger partial charge < -0.3 is 37.2 Å². The normalized spacial score (nSPS) is 12.2. The van der Waals surface area contributed by atoms with Crippen molar-refractivity contribution in [1.29, 1.82) is 0 Å². The molecule has 1 atom stereocenters. The van der Waals surface area contributed by atoms with Crippen molar-refractivity contribution in [1.82, 2.24) is 21.3 Å². The number of aliphatic carboxylic acids is 2. The van der Waals surface area contributed by atoms with E-state index in [9.17, 15) is 9.59 Å². The summed E-state index contributed by atoms with van der Waals surface area (Å²) in [5, 5.41) is 29.6. The van der Waals surface area contributed by atoms with Crippen molar-refractivity contribution in [2.24, 2.45) is 5.73 Å². The molecule has 0 spiro atoms. The molecule has 0 amide bonds. The Morgan fingerprint density at radius 2 is 1.33 bits per heavy atom. The molecule has 0 aromatic carbocycles. The summed E-state index contributed by atoms with van der Waals surface area (Å²) in [4.78, 5) is 21.3. The minimum Gasteiger partial charge on any atom is -0.481 e. The van der Waals surface area contributed by atoms with Crippen molar-refractivity contribution in [2.45, 2.75) is 12.5 Å². The van der Waals surface area contributed by atoms with Crippen LogP contribution >= 0.6 is 0 Å². The fourth-order valence-electron chi connectivity index (χ4n) is 1.59. The van der Waals surface area contributed by atoms with Gasteiger partial charge in [-0.05, 0) is 0 Å². The van der Waals surface area contributed by atoms with Gasteiger partial charge in [0, 0.05) is 52.4 Å². The first-order valence-electron chi connectivity index (χ1n) is 7.08. The molecule has 0 saturated heterocycles. The smallest absolute Gasteiger partial charge is 0.321 e. The summed E-state index contributed by atoms with van der Waals surface area (Å²) in [6.07, 6.45) is -0.424. The van der Waals surface area contributed by atoms with Crippen LogP contribution in [0.3, 0.4) is 0 Å². The number of hydrogen-bond donors (Lipinski definition) is 7. The van der Waals surface area contributed by atoms with E-state index in [0.29, 0.717) is 19.6 Å². The van der Waals surface area contributed by atoms with Gasteiger partial charge in [-0.15, -0.1) is 0 Å². The van der Waals surface area contributed by atoms with Crippen LogP contribution in [-0.2, 0) is 9.59 Å². The number of carbonyl (C=O) groups is 2. The fraction of sp³-hybridized carbons (Fsp3) is 0.833. The summed E-state index contributed by atoms with van der Waals surface area (Å²) in [6.45, 7) is 5.73. The van der Waals surface area contributed by atoms with Crippen molar-refractivity contribution < 1.29 is 19.8 Å². The highest BCUT2D eigenvalue weighted by atomic mass is 16.4. The van der Waals surface area contributed by atoms with Gasteiger partial charge in [0.25, 0.3) is 0 Å². The van der Waals surface area contributed by atoms with Crippen molar-refractivity contribution >= 4 is 11.9 Å². The molecule has 0 aliphatic heterocycles. The van der Waals surface area contributed by atoms with Crippen LogP contribution in [0.15, 0.2) is 0 Å². The van der Waals surface area contributed by atoms with Gasteiger partial charge >= 0.3 is 11.9 Å². The number of nitrogens with one attached hydrogen (secondary N) is 4. The monoisotopic (exact) mass is 305 g/mol. The summed E-state index contributed by atoms with van der Waals surface area (Å²) < 4.78 is 0. The highest BCUT2D eigenvalue weighted by molar-refractivity contribution is 5.80. The van der Waals surface area contributed by atoms with Crippen LogP contribution in [0.25, 0.3) is 0 Å². The zero-order valence-corrected chi connectivity index (χ0v) is 12.2. The molecular formula is C12H27N5O4. The molecule has 1 unspecified atom stereocenters. The molecule has 0 aromatic rings. The van der Waals surface area contributed by atoms with Crippen LogP contribution in [0, 0.1) is 0 Å². The molecule has 0 heterocycles. The maximum Gasteiger partial charge on any atom is 0.321 e. The highest BCUT2D eigenvalue weighted by Crippen LogP contribution is 1.91. The quantitative estimate of drug-likeness (QED) is 0.160. The van der Waals surface area contributed by atoms with Crippen LogP contribution in [0.4, 0.5) is 0 Å². The molecule has 0 fully saturated rings. The molecule has 0 radical (unpaired) electrons. The second-order valence-electron chi connectivity index (χ2n) is 4.48. The minimum atomic E-state index is -1.15. The Morgan fingerprint density at radius 3 is 1.76 bits per heavy atom. The molecule has 0 bridgehead atoms. The largest absolute Gasteiger partial charge is 0.481 e. The van der Waals surface area contributed by atoms with Gasteiger partial charge in [-0.2, -0.15) is 0 Å². The molecule has 124 valence electrons. The molecule has 8 N–H and O–H groups in total. The van der Waals surface area contributed by atoms with Crippen molar-refractivity contribution in [3.05, 3.63) is 0 Å². The Morgan fingerprint density at radius 1 is 0.857 bits per heavy atom. The molecule has 0 saturated carbocycles. The summed E-state index contributed by atoms with van der Waals surface area (Å²) in [5.74, 6) is -2.28. The lowest BCUT2D eigenvalue weighted by Crippen LogP contribution is -2.42. The van der Waals surface area contributed by atoms with Crippen LogP contribution < -0.4 is 27.0 Å². The van der Waals surface area contributed by atoms with Gasteiger partial charge in [0.15, 0.2) is 0 Å². The zero-order chi connectivity index (χ0) is 15.9. The van der Waals surface area contributed by atoms with Gasteiger partial charge in [-0.25, -0.2) is 0 Å². The average Bonchev–Trinajstić information content (AvgIpc) is 2.42. The number of carboxylic acids is 2. The van der Waals surface area contributed by atoms with Crippen molar-refractivity contribution in [3.63, 3.8) is 0 Å². The molecular weight excluding hydrogens is 278 g/mol. The third-order valence-corrected chi connectivity index (χ3v) is 2.65. The van der Waals surface area contributed by atoms with Gasteiger partial charge in [-0.1, -0.05) is 0 Å². The number of carboxylic acid groups (broad SMARTS) is 2. The molecule has 9 heteroatoms. The Bertz CT molecular complexity index is 291. The molecule has 0 aliphatic rings. The maximum absolute atomic E-state index is 10.8. The lowest BCUT2D eigenvalue weighted by Gasteiger charge is -2.12. The van der Waals surface area contributed by atoms with E-state index in [1.54, 1.807) is 0 Å². The zero-order valence-electron chi connectivity index (χ0n) is 12.2. The molecule has 0 aliphatic carbocycles. The number of nitrogens with two attached hydrogens (primary N) is 1. The number of hydrogen-bond acceptors (Lipinski definition) is 7. The van der Waals surface area contributed by atoms with Crippen LogP contribution in [0.5, 0.6) is 0 Å². The summed E-state index contributed by atoms with van der Waals surface area (Å²) >= 11 is 0. The van der Waals surface area contributed by atoms with Crippen molar-refractivity contribution in [3.8, 4) is 0 Å². The van der Waals surface area contributed by atoms with Gasteiger partial charge in [-0.3, -0.25) is 9.59 Å². The topological polar surface area (TPSA) is 149 Å².